The van der Waals surface area contributed by atoms with Crippen molar-refractivity contribution in [2.75, 3.05) is 6.61 Å². The molecule has 0 N–H and O–H groups in total. The Morgan fingerprint density at radius 3 is 2.55 bits per heavy atom. The summed E-state index contributed by atoms with van der Waals surface area (Å²) < 4.78 is 24.7. The second-order valence-electron chi connectivity index (χ2n) is 1.94. The van der Waals surface area contributed by atoms with Crippen molar-refractivity contribution in [2.45, 2.75) is 13.8 Å². The van der Waals surface area contributed by atoms with Gasteiger partial charge < -0.3 is 4.74 Å². The average Bonchev–Trinajstić information content (AvgIpc) is 1.86. The summed E-state index contributed by atoms with van der Waals surface area (Å²) in [5.74, 6) is -1.20. The van der Waals surface area contributed by atoms with E-state index in [4.69, 9.17) is 0 Å². The molecule has 1 atom stereocenters. The van der Waals surface area contributed by atoms with Crippen LogP contribution in [0.1, 0.15) is 13.8 Å². The van der Waals surface area contributed by atoms with E-state index < -0.39 is 22.2 Å². The summed E-state index contributed by atoms with van der Waals surface area (Å²) in [4.78, 5) is 10.8. The molecule has 0 rings (SSSR count). The summed E-state index contributed by atoms with van der Waals surface area (Å²) in [6.45, 7) is 3.40. The number of esters is 1. The lowest BCUT2D eigenvalue weighted by atomic mass is 10.2. The van der Waals surface area contributed by atoms with Gasteiger partial charge in [0.2, 0.25) is 10.3 Å². The van der Waals surface area contributed by atoms with E-state index in [1.54, 1.807) is 6.92 Å². The van der Waals surface area contributed by atoms with Gasteiger partial charge in [0.05, 0.1) is 12.5 Å². The Morgan fingerprint density at radius 2 is 2.18 bits per heavy atom. The van der Waals surface area contributed by atoms with E-state index >= 15 is 0 Å². The van der Waals surface area contributed by atoms with Crippen molar-refractivity contribution in [3.8, 4) is 0 Å². The summed E-state index contributed by atoms with van der Waals surface area (Å²) in [5, 5.41) is 0.901. The van der Waals surface area contributed by atoms with Crippen molar-refractivity contribution in [1.82, 2.24) is 0 Å². The molecule has 0 spiro atoms. The molecule has 0 bridgehead atoms. The molecule has 11 heavy (non-hydrogen) atoms. The Bertz CT molecular complexity index is 244. The maximum Gasteiger partial charge on any atom is 0.313 e. The topological polar surface area (TPSA) is 60.4 Å². The zero-order chi connectivity index (χ0) is 8.85. The number of ether oxygens (including phenoxy) is 1. The highest BCUT2D eigenvalue weighted by atomic mass is 32.2. The van der Waals surface area contributed by atoms with E-state index in [0.29, 0.717) is 0 Å². The lowest BCUT2D eigenvalue weighted by Crippen LogP contribution is -2.15. The molecule has 0 saturated heterocycles. The minimum atomic E-state index is -2.30. The number of hydrogen-bond acceptors (Lipinski definition) is 4. The van der Waals surface area contributed by atoms with Gasteiger partial charge in [-0.15, -0.1) is 0 Å². The van der Waals surface area contributed by atoms with Crippen molar-refractivity contribution in [3.05, 3.63) is 0 Å². The van der Waals surface area contributed by atoms with Crippen molar-refractivity contribution in [2.24, 2.45) is 5.92 Å². The fraction of sp³-hybridized carbons (Fsp3) is 0.667. The molecule has 0 aliphatic heterocycles. The molecule has 5 heteroatoms. The molecule has 4 nitrogen and oxygen atoms in total. The molecule has 0 aromatic rings. The monoisotopic (exact) mass is 178 g/mol. The van der Waals surface area contributed by atoms with Crippen LogP contribution < -0.4 is 0 Å². The van der Waals surface area contributed by atoms with Crippen LogP contribution in [0.3, 0.4) is 0 Å². The number of carbonyl (C=O) groups excluding carboxylic acids is 1. The first-order valence-corrected chi connectivity index (χ1v) is 4.31. The third-order valence-corrected chi connectivity index (χ3v) is 1.60. The van der Waals surface area contributed by atoms with Crippen LogP contribution in [-0.4, -0.2) is 26.4 Å². The van der Waals surface area contributed by atoms with E-state index in [2.05, 4.69) is 4.74 Å². The van der Waals surface area contributed by atoms with Crippen molar-refractivity contribution in [3.63, 3.8) is 0 Å². The zero-order valence-corrected chi connectivity index (χ0v) is 7.22. The Morgan fingerprint density at radius 1 is 1.64 bits per heavy atom. The van der Waals surface area contributed by atoms with Gasteiger partial charge in [-0.1, -0.05) is 0 Å². The standard InChI is InChI=1S/C6H10O4S/c1-3-10-6(7)5(2)4-11(8)9/h4-5H,3H2,1-2H3. The van der Waals surface area contributed by atoms with Crippen molar-refractivity contribution >= 4 is 21.6 Å². The molecule has 64 valence electrons. The van der Waals surface area contributed by atoms with Gasteiger partial charge in [0, 0.05) is 5.37 Å². The SMILES string of the molecule is CCOC(=O)C(C)C=S(=O)=O. The lowest BCUT2D eigenvalue weighted by Gasteiger charge is -2.02. The van der Waals surface area contributed by atoms with E-state index in [1.807, 2.05) is 0 Å². The predicted molar refractivity (Wildman–Crippen MR) is 40.8 cm³/mol. The predicted octanol–water partition coefficient (Wildman–Crippen LogP) is -0.133. The molecule has 0 fully saturated rings. The largest absolute Gasteiger partial charge is 0.466 e. The molecular weight excluding hydrogens is 168 g/mol. The Kier molecular flexibility index (Phi) is 4.52. The first kappa shape index (κ1) is 10.2. The van der Waals surface area contributed by atoms with Crippen molar-refractivity contribution in [1.29, 1.82) is 0 Å². The first-order valence-electron chi connectivity index (χ1n) is 3.17. The molecular formula is C6H10O4S. The quantitative estimate of drug-likeness (QED) is 0.446. The third kappa shape index (κ3) is 4.55. The number of carbonyl (C=O) groups is 1. The molecule has 0 amide bonds. The van der Waals surface area contributed by atoms with Crippen LogP contribution in [0.4, 0.5) is 0 Å². The normalized spacial score (nSPS) is 11.8. The van der Waals surface area contributed by atoms with Gasteiger partial charge in [-0.05, 0) is 13.8 Å². The second kappa shape index (κ2) is 4.90. The maximum absolute atomic E-state index is 10.8. The van der Waals surface area contributed by atoms with Crippen LogP contribution in [0.2, 0.25) is 0 Å². The van der Waals surface area contributed by atoms with Gasteiger partial charge in [0.1, 0.15) is 0 Å². The molecule has 0 aliphatic rings. The zero-order valence-electron chi connectivity index (χ0n) is 6.40. The van der Waals surface area contributed by atoms with E-state index in [1.165, 1.54) is 6.92 Å². The summed E-state index contributed by atoms with van der Waals surface area (Å²) in [5.41, 5.74) is 0. The van der Waals surface area contributed by atoms with Crippen LogP contribution in [0.25, 0.3) is 0 Å². The van der Waals surface area contributed by atoms with Gasteiger partial charge in [0.15, 0.2) is 0 Å². The van der Waals surface area contributed by atoms with Crippen LogP contribution >= 0.6 is 0 Å². The number of rotatable bonds is 3. The van der Waals surface area contributed by atoms with Gasteiger partial charge in [-0.2, -0.15) is 8.42 Å². The van der Waals surface area contributed by atoms with Crippen LogP contribution in [0.15, 0.2) is 0 Å². The Hall–Kier alpha value is -0.840. The fourth-order valence-corrected chi connectivity index (χ4v) is 0.940. The van der Waals surface area contributed by atoms with Crippen LogP contribution in [0.5, 0.6) is 0 Å². The highest BCUT2D eigenvalue weighted by Crippen LogP contribution is 1.93. The minimum absolute atomic E-state index is 0.266. The molecule has 0 aromatic heterocycles. The highest BCUT2D eigenvalue weighted by Gasteiger charge is 2.10. The fourth-order valence-electron chi connectivity index (χ4n) is 0.496. The summed E-state index contributed by atoms with van der Waals surface area (Å²) in [7, 11) is -2.30. The second-order valence-corrected chi connectivity index (χ2v) is 2.73. The summed E-state index contributed by atoms with van der Waals surface area (Å²) in [6, 6.07) is 0. The molecule has 0 heterocycles. The number of hydrogen-bond donors (Lipinski definition) is 0. The highest BCUT2D eigenvalue weighted by molar-refractivity contribution is 7.71. The summed E-state index contributed by atoms with van der Waals surface area (Å²) >= 11 is 0. The first-order chi connectivity index (χ1) is 5.07. The smallest absolute Gasteiger partial charge is 0.313 e. The van der Waals surface area contributed by atoms with Gasteiger partial charge in [-0.3, -0.25) is 4.79 Å². The Balaban J connectivity index is 4.15. The van der Waals surface area contributed by atoms with E-state index in [-0.39, 0.29) is 6.61 Å². The Labute approximate surface area is 66.7 Å². The van der Waals surface area contributed by atoms with Gasteiger partial charge >= 0.3 is 5.97 Å². The lowest BCUT2D eigenvalue weighted by molar-refractivity contribution is -0.144. The third-order valence-electron chi connectivity index (χ3n) is 0.974. The van der Waals surface area contributed by atoms with Gasteiger partial charge in [0.25, 0.3) is 0 Å². The molecule has 1 unspecified atom stereocenters. The molecule has 0 aromatic carbocycles. The van der Waals surface area contributed by atoms with Crippen LogP contribution in [0, 0.1) is 5.92 Å². The molecule has 0 saturated carbocycles. The van der Waals surface area contributed by atoms with E-state index in [0.717, 1.165) is 5.37 Å². The maximum atomic E-state index is 10.8. The molecule has 0 aliphatic carbocycles. The van der Waals surface area contributed by atoms with E-state index in [9.17, 15) is 13.2 Å². The summed E-state index contributed by atoms with van der Waals surface area (Å²) in [6.07, 6.45) is 0. The minimum Gasteiger partial charge on any atom is -0.466 e. The van der Waals surface area contributed by atoms with Crippen molar-refractivity contribution < 1.29 is 17.9 Å². The molecule has 0 radical (unpaired) electrons. The van der Waals surface area contributed by atoms with Gasteiger partial charge in [-0.25, -0.2) is 0 Å². The average molecular weight is 178 g/mol. The van der Waals surface area contributed by atoms with Crippen LogP contribution in [-0.2, 0) is 19.8 Å².